The number of phenols is 1. The molecule has 5 N–H and O–H groups in total. The van der Waals surface area contributed by atoms with Gasteiger partial charge in [-0.3, -0.25) is 9.52 Å². The molecule has 0 spiro atoms. The van der Waals surface area contributed by atoms with Gasteiger partial charge in [-0.2, -0.15) is 8.42 Å². The quantitative estimate of drug-likeness (QED) is 0.110. The molecule has 3 rings (SSSR count). The topological polar surface area (TPSA) is 164 Å². The van der Waals surface area contributed by atoms with Gasteiger partial charge in [0.2, 0.25) is 0 Å². The molecule has 0 heterocycles. The third-order valence-corrected chi connectivity index (χ3v) is 7.48. The lowest BCUT2D eigenvalue weighted by Crippen LogP contribution is -2.22. The van der Waals surface area contributed by atoms with Gasteiger partial charge in [-0.1, -0.05) is 61.4 Å². The van der Waals surface area contributed by atoms with Gasteiger partial charge in [0.1, 0.15) is 5.75 Å². The van der Waals surface area contributed by atoms with E-state index < -0.39 is 22.4 Å². The first kappa shape index (κ1) is 35.0. The highest BCUT2D eigenvalue weighted by atomic mass is 32.2. The number of carbonyl (C=O) groups is 1. The summed E-state index contributed by atoms with van der Waals surface area (Å²) in [7, 11) is -4.32. The van der Waals surface area contributed by atoms with Crippen LogP contribution in [-0.4, -0.2) is 62.6 Å². The van der Waals surface area contributed by atoms with Crippen molar-refractivity contribution in [3.05, 3.63) is 95.1 Å². The Morgan fingerprint density at radius 3 is 2.39 bits per heavy atom. The molecule has 0 bridgehead atoms. The number of nitrogens with one attached hydrogen (secondary N) is 2. The number of ether oxygens (including phenoxy) is 2. The van der Waals surface area contributed by atoms with E-state index in [1.165, 1.54) is 6.07 Å². The molecule has 3 aromatic carbocycles. The van der Waals surface area contributed by atoms with Crippen LogP contribution in [0.15, 0.2) is 72.8 Å². The van der Waals surface area contributed by atoms with Crippen LogP contribution < -0.4 is 10.0 Å². The minimum atomic E-state index is -4.32. The maximum Gasteiger partial charge on any atom is 0.410 e. The lowest BCUT2D eigenvalue weighted by Gasteiger charge is -2.14. The van der Waals surface area contributed by atoms with E-state index in [1.54, 1.807) is 66.7 Å². The van der Waals surface area contributed by atoms with E-state index in [0.29, 0.717) is 43.1 Å². The van der Waals surface area contributed by atoms with Crippen molar-refractivity contribution in [2.75, 3.05) is 37.6 Å². The van der Waals surface area contributed by atoms with Gasteiger partial charge in [-0.05, 0) is 60.3 Å². The standard InChI is InChI=1S/C32H42N2O9S/c35-23-28-21-27(13-14-30(28)36)31(37)22-33-15-6-1-2-7-16-41-17-18-42-24-26-11-8-12-29(19-26)34-44(39,40)43-32(38)20-25-9-4-3-5-10-25/h3-5,8-14,19,21,31,33-37H,1-2,6-7,15-18,20,22-24H2/t31-/m0/s1. The zero-order valence-electron chi connectivity index (χ0n) is 24.7. The molecular weight excluding hydrogens is 588 g/mol. The van der Waals surface area contributed by atoms with Crippen LogP contribution >= 0.6 is 0 Å². The molecule has 0 aliphatic carbocycles. The van der Waals surface area contributed by atoms with Gasteiger partial charge in [0.05, 0.1) is 44.6 Å². The van der Waals surface area contributed by atoms with Crippen molar-refractivity contribution in [1.82, 2.24) is 5.32 Å². The van der Waals surface area contributed by atoms with Gasteiger partial charge >= 0.3 is 16.3 Å². The lowest BCUT2D eigenvalue weighted by atomic mass is 10.1. The Morgan fingerprint density at radius 1 is 0.841 bits per heavy atom. The number of aliphatic hydroxyl groups is 2. The summed E-state index contributed by atoms with van der Waals surface area (Å²) in [4.78, 5) is 12.0. The molecule has 0 saturated carbocycles. The highest BCUT2D eigenvalue weighted by Crippen LogP contribution is 2.22. The number of hydrogen-bond acceptors (Lipinski definition) is 10. The van der Waals surface area contributed by atoms with Crippen LogP contribution in [-0.2, 0) is 48.4 Å². The number of aromatic hydroxyl groups is 1. The second kappa shape index (κ2) is 19.0. The zero-order chi connectivity index (χ0) is 31.6. The second-order valence-corrected chi connectivity index (χ2v) is 11.5. The van der Waals surface area contributed by atoms with E-state index in [-0.39, 0.29) is 31.1 Å². The first-order valence-electron chi connectivity index (χ1n) is 14.6. The Morgan fingerprint density at radius 2 is 1.59 bits per heavy atom. The molecule has 11 nitrogen and oxygen atoms in total. The Bertz CT molecular complexity index is 1390. The fourth-order valence-electron chi connectivity index (χ4n) is 4.32. The Kier molecular flexibility index (Phi) is 15.1. The number of carbonyl (C=O) groups excluding carboxylic acids is 1. The Hall–Kier alpha value is -3.52. The molecule has 0 amide bonds. The molecule has 240 valence electrons. The molecule has 44 heavy (non-hydrogen) atoms. The second-order valence-electron chi connectivity index (χ2n) is 10.2. The molecule has 0 aliphatic rings. The number of aliphatic hydroxyl groups excluding tert-OH is 2. The minimum absolute atomic E-state index is 0.0155. The van der Waals surface area contributed by atoms with Crippen molar-refractivity contribution in [2.24, 2.45) is 0 Å². The van der Waals surface area contributed by atoms with Gasteiger partial charge < -0.3 is 34.3 Å². The van der Waals surface area contributed by atoms with E-state index in [2.05, 4.69) is 14.2 Å². The number of unbranched alkanes of at least 4 members (excludes halogenated alkanes) is 3. The molecule has 0 aromatic heterocycles. The van der Waals surface area contributed by atoms with E-state index in [4.69, 9.17) is 9.47 Å². The minimum Gasteiger partial charge on any atom is -0.508 e. The summed E-state index contributed by atoms with van der Waals surface area (Å²) in [5, 5.41) is 32.4. The molecule has 12 heteroatoms. The Labute approximate surface area is 259 Å². The van der Waals surface area contributed by atoms with Crippen molar-refractivity contribution in [1.29, 1.82) is 0 Å². The number of hydrogen-bond donors (Lipinski definition) is 5. The predicted octanol–water partition coefficient (Wildman–Crippen LogP) is 3.74. The number of rotatable bonds is 21. The lowest BCUT2D eigenvalue weighted by molar-refractivity contribution is -0.133. The smallest absolute Gasteiger partial charge is 0.410 e. The molecule has 0 saturated heterocycles. The van der Waals surface area contributed by atoms with Crippen molar-refractivity contribution < 1.29 is 42.2 Å². The van der Waals surface area contributed by atoms with E-state index in [1.807, 2.05) is 0 Å². The summed E-state index contributed by atoms with van der Waals surface area (Å²) in [6.07, 6.45) is 3.09. The van der Waals surface area contributed by atoms with E-state index in [0.717, 1.165) is 37.8 Å². The average molecular weight is 631 g/mol. The molecule has 0 aliphatic heterocycles. The molecule has 1 atom stereocenters. The van der Waals surface area contributed by atoms with Crippen LogP contribution in [0.25, 0.3) is 0 Å². The predicted molar refractivity (Wildman–Crippen MR) is 166 cm³/mol. The third kappa shape index (κ3) is 13.4. The highest BCUT2D eigenvalue weighted by molar-refractivity contribution is 7.88. The monoisotopic (exact) mass is 630 g/mol. The maximum absolute atomic E-state index is 12.3. The van der Waals surface area contributed by atoms with Gasteiger partial charge in [0.25, 0.3) is 0 Å². The van der Waals surface area contributed by atoms with Crippen LogP contribution in [0.4, 0.5) is 5.69 Å². The van der Waals surface area contributed by atoms with Crippen LogP contribution in [0.2, 0.25) is 0 Å². The van der Waals surface area contributed by atoms with Crippen LogP contribution in [0.3, 0.4) is 0 Å². The summed E-state index contributed by atoms with van der Waals surface area (Å²) in [6.45, 7) is 2.62. The average Bonchev–Trinajstić information content (AvgIpc) is 2.99. The van der Waals surface area contributed by atoms with Gasteiger partial charge in [-0.15, -0.1) is 0 Å². The van der Waals surface area contributed by atoms with Crippen molar-refractivity contribution in [2.45, 2.75) is 51.4 Å². The van der Waals surface area contributed by atoms with Crippen LogP contribution in [0, 0.1) is 0 Å². The number of anilines is 1. The largest absolute Gasteiger partial charge is 0.508 e. The molecular formula is C32H42N2O9S. The summed E-state index contributed by atoms with van der Waals surface area (Å²) in [5.74, 6) is -0.861. The van der Waals surface area contributed by atoms with Crippen molar-refractivity contribution in [3.63, 3.8) is 0 Å². The maximum atomic E-state index is 12.3. The van der Waals surface area contributed by atoms with Gasteiger partial charge in [0, 0.05) is 18.7 Å². The van der Waals surface area contributed by atoms with Crippen molar-refractivity contribution >= 4 is 22.0 Å². The van der Waals surface area contributed by atoms with E-state index in [9.17, 15) is 28.5 Å². The van der Waals surface area contributed by atoms with Gasteiger partial charge in [-0.25, -0.2) is 0 Å². The van der Waals surface area contributed by atoms with Crippen LogP contribution in [0.1, 0.15) is 54.0 Å². The number of benzene rings is 3. The Balaban J connectivity index is 1.19. The molecule has 0 fully saturated rings. The van der Waals surface area contributed by atoms with Crippen LogP contribution in [0.5, 0.6) is 5.75 Å². The molecule has 3 aromatic rings. The summed E-state index contributed by atoms with van der Waals surface area (Å²) in [6, 6.07) is 20.1. The fourth-order valence-corrected chi connectivity index (χ4v) is 5.08. The van der Waals surface area contributed by atoms with E-state index >= 15 is 0 Å². The SMILES string of the molecule is O=C(Cc1ccccc1)OS(=O)(=O)Nc1cccc(COCCOCCCCCCNC[C@H](O)c2ccc(O)c(CO)c2)c1. The fraction of sp³-hybridized carbons (Fsp3) is 0.406. The third-order valence-electron chi connectivity index (χ3n) is 6.59. The summed E-state index contributed by atoms with van der Waals surface area (Å²) in [5.41, 5.74) is 2.71. The highest BCUT2D eigenvalue weighted by Gasteiger charge is 2.18. The zero-order valence-corrected chi connectivity index (χ0v) is 25.5. The summed E-state index contributed by atoms with van der Waals surface area (Å²) < 4.78 is 42.7. The molecule has 0 unspecified atom stereocenters. The molecule has 0 radical (unpaired) electrons. The van der Waals surface area contributed by atoms with Gasteiger partial charge in [0.15, 0.2) is 0 Å². The first-order chi connectivity index (χ1) is 21.3. The summed E-state index contributed by atoms with van der Waals surface area (Å²) >= 11 is 0. The first-order valence-corrected chi connectivity index (χ1v) is 16.0. The van der Waals surface area contributed by atoms with Crippen molar-refractivity contribution in [3.8, 4) is 5.75 Å². The normalized spacial score (nSPS) is 12.1.